The number of aliphatic carboxylic acids is 1. The molecule has 2 unspecified atom stereocenters. The first-order valence-electron chi connectivity index (χ1n) is 24.1. The molecule has 3 rings (SSSR count). The Balaban J connectivity index is 1.63. The van der Waals surface area contributed by atoms with E-state index in [9.17, 15) is 38.7 Å². The number of nitrogens with two attached hydrogens (primary N) is 1. The number of unbranched alkanes of at least 4 members (excludes halogenated alkanes) is 1. The Labute approximate surface area is 409 Å². The van der Waals surface area contributed by atoms with Gasteiger partial charge in [-0.2, -0.15) is 0 Å². The van der Waals surface area contributed by atoms with E-state index in [1.165, 1.54) is 24.3 Å². The van der Waals surface area contributed by atoms with Crippen LogP contribution in [0.2, 0.25) is 0 Å². The highest BCUT2D eigenvalue weighted by atomic mass is 16.5. The number of ketones is 1. The summed E-state index contributed by atoms with van der Waals surface area (Å²) in [5.74, 6) is -2.67. The van der Waals surface area contributed by atoms with E-state index in [0.717, 1.165) is 36.2 Å². The van der Waals surface area contributed by atoms with Gasteiger partial charge >= 0.3 is 12.1 Å². The molecule has 0 heterocycles. The van der Waals surface area contributed by atoms with Crippen LogP contribution in [0.15, 0.2) is 71.5 Å². The van der Waals surface area contributed by atoms with Crippen LogP contribution in [0.25, 0.3) is 0 Å². The number of rotatable bonds is 24. The molecule has 0 aromatic heterocycles. The zero-order valence-electron chi connectivity index (χ0n) is 43.1. The van der Waals surface area contributed by atoms with Crippen LogP contribution in [0.5, 0.6) is 0 Å². The van der Waals surface area contributed by atoms with Crippen molar-refractivity contribution in [1.82, 2.24) is 20.9 Å². The number of nitrogens with one attached hydrogen (secondary N) is 5. The number of likely N-dealkylation sites (N-methyl/N-ethyl adjacent to an activating group) is 1. The Morgan fingerprint density at radius 2 is 1.42 bits per heavy atom. The number of allylic oxidation sites excluding steroid dienone is 1. The SMILES string of the molecule is CC(=O)CCCCC(=O)N[C@H](C(=O)NC(C)C(Nc1ccc(COC(=O)Nc2cccc(C(C)(C)[C@H](N)C(=O)NC(C(=O)N(C)[C@H](/C=C(\C)C(=O)O)C(C)C)C(C)(C)C)c2)cc1)=C1CCC1)C(C)C. The first-order valence-corrected chi connectivity index (χ1v) is 24.1. The number of ether oxygens (including phenoxy) is 1. The number of amides is 5. The maximum absolute atomic E-state index is 14.0. The fourth-order valence-corrected chi connectivity index (χ4v) is 7.90. The smallest absolute Gasteiger partial charge is 0.411 e. The van der Waals surface area contributed by atoms with Crippen molar-refractivity contribution >= 4 is 52.8 Å². The van der Waals surface area contributed by atoms with Crippen LogP contribution in [-0.4, -0.2) is 88.7 Å². The van der Waals surface area contributed by atoms with Crippen molar-refractivity contribution in [2.24, 2.45) is 23.0 Å². The Hall–Kier alpha value is -6.03. The van der Waals surface area contributed by atoms with E-state index < -0.39 is 53.0 Å². The van der Waals surface area contributed by atoms with Crippen LogP contribution in [0.1, 0.15) is 139 Å². The molecule has 1 aliphatic rings. The van der Waals surface area contributed by atoms with Gasteiger partial charge in [0, 0.05) is 47.9 Å². The van der Waals surface area contributed by atoms with E-state index >= 15 is 0 Å². The van der Waals surface area contributed by atoms with Crippen molar-refractivity contribution in [3.63, 3.8) is 0 Å². The minimum Gasteiger partial charge on any atom is -0.478 e. The number of hydrogen-bond acceptors (Lipinski definition) is 10. The van der Waals surface area contributed by atoms with E-state index in [0.29, 0.717) is 30.5 Å². The monoisotopic (exact) mass is 958 g/mol. The lowest BCUT2D eigenvalue weighted by molar-refractivity contribution is -0.140. The molecular weight excluding hydrogens is 879 g/mol. The quantitative estimate of drug-likeness (QED) is 0.0397. The summed E-state index contributed by atoms with van der Waals surface area (Å²) in [6, 6.07) is 10.7. The molecule has 2 aromatic carbocycles. The highest BCUT2D eigenvalue weighted by Crippen LogP contribution is 2.32. The third-order valence-corrected chi connectivity index (χ3v) is 12.7. The summed E-state index contributed by atoms with van der Waals surface area (Å²) in [5, 5.41) is 24.6. The molecule has 0 aliphatic heterocycles. The second-order valence-corrected chi connectivity index (χ2v) is 20.7. The van der Waals surface area contributed by atoms with Crippen LogP contribution in [0.3, 0.4) is 0 Å². The van der Waals surface area contributed by atoms with Crippen LogP contribution in [0.4, 0.5) is 16.2 Å². The average Bonchev–Trinajstić information content (AvgIpc) is 3.25. The van der Waals surface area contributed by atoms with E-state index in [4.69, 9.17) is 10.5 Å². The highest BCUT2D eigenvalue weighted by Gasteiger charge is 2.41. The van der Waals surface area contributed by atoms with Crippen molar-refractivity contribution in [3.8, 4) is 0 Å². The molecule has 1 fully saturated rings. The summed E-state index contributed by atoms with van der Waals surface area (Å²) in [4.78, 5) is 91.4. The fourth-order valence-electron chi connectivity index (χ4n) is 7.90. The Bertz CT molecular complexity index is 2200. The van der Waals surface area contributed by atoms with E-state index in [1.807, 2.05) is 79.7 Å². The van der Waals surface area contributed by atoms with Crippen molar-refractivity contribution in [2.45, 2.75) is 170 Å². The average molecular weight is 958 g/mol. The lowest BCUT2D eigenvalue weighted by atomic mass is 9.77. The van der Waals surface area contributed by atoms with E-state index in [-0.39, 0.29) is 60.0 Å². The molecule has 8 N–H and O–H groups in total. The zero-order valence-corrected chi connectivity index (χ0v) is 43.1. The number of anilines is 2. The van der Waals surface area contributed by atoms with Gasteiger partial charge in [-0.25, -0.2) is 9.59 Å². The molecule has 69 heavy (non-hydrogen) atoms. The Kier molecular flexibility index (Phi) is 21.2. The maximum atomic E-state index is 14.0. The maximum Gasteiger partial charge on any atom is 0.411 e. The molecule has 2 aromatic rings. The van der Waals surface area contributed by atoms with Gasteiger partial charge in [0.2, 0.25) is 23.6 Å². The molecule has 5 atom stereocenters. The fraction of sp³-hybridized carbons (Fsp3) is 0.566. The van der Waals surface area contributed by atoms with Gasteiger partial charge in [-0.3, -0.25) is 24.5 Å². The lowest BCUT2D eigenvalue weighted by Crippen LogP contribution is -2.61. The molecule has 380 valence electrons. The summed E-state index contributed by atoms with van der Waals surface area (Å²) >= 11 is 0. The minimum absolute atomic E-state index is 0.0159. The van der Waals surface area contributed by atoms with E-state index in [1.54, 1.807) is 51.2 Å². The zero-order chi connectivity index (χ0) is 52.0. The molecule has 0 bridgehead atoms. The standard InChI is InChI=1S/C53H79N7O9/c1-31(2)41(28-33(5)50(66)67)60(13)49(65)46(52(8,9)10)59-48(64)45(54)53(11,12)38-21-17-22-40(29-38)57-51(68)69-30-36-24-26-39(27-25-36)56-44(37-19-16-20-37)35(7)55-47(63)43(32(3)4)58-42(62)23-15-14-18-34(6)61/h17,21-22,24-29,31-32,35,41,43,45-46,56H,14-16,18-20,23,30,54H2,1-13H3,(H,55,63)(H,57,68)(H,58,62)(H,59,64)(H,66,67)/b33-28+/t35?,41-,43+,45-,46?/m1/s1. The summed E-state index contributed by atoms with van der Waals surface area (Å²) in [6.45, 7) is 21.6. The molecule has 1 aliphatic carbocycles. The van der Waals surface area contributed by atoms with Gasteiger partial charge in [0.25, 0.3) is 0 Å². The van der Waals surface area contributed by atoms with Crippen molar-refractivity contribution < 1.29 is 43.4 Å². The highest BCUT2D eigenvalue weighted by molar-refractivity contribution is 5.92. The number of carbonyl (C=O) groups is 7. The van der Waals surface area contributed by atoms with Crippen LogP contribution >= 0.6 is 0 Å². The number of carboxylic acids is 1. The molecule has 0 saturated heterocycles. The molecule has 16 heteroatoms. The van der Waals surface area contributed by atoms with Crippen LogP contribution in [0, 0.1) is 17.3 Å². The second-order valence-electron chi connectivity index (χ2n) is 20.7. The number of benzene rings is 2. The van der Waals surface area contributed by atoms with Crippen molar-refractivity contribution in [2.75, 3.05) is 17.7 Å². The van der Waals surface area contributed by atoms with Gasteiger partial charge in [0.05, 0.1) is 18.1 Å². The largest absolute Gasteiger partial charge is 0.478 e. The molecule has 1 saturated carbocycles. The predicted molar refractivity (Wildman–Crippen MR) is 270 cm³/mol. The summed E-state index contributed by atoms with van der Waals surface area (Å²) in [5.41, 5.74) is 9.79. The van der Waals surface area contributed by atoms with Gasteiger partial charge in [-0.1, -0.05) is 92.7 Å². The number of nitrogens with zero attached hydrogens (tertiary/aromatic N) is 1. The van der Waals surface area contributed by atoms with Crippen molar-refractivity contribution in [3.05, 3.63) is 82.6 Å². The molecule has 0 radical (unpaired) electrons. The van der Waals surface area contributed by atoms with Gasteiger partial charge in [0.15, 0.2) is 0 Å². The number of carboxylic acid groups (broad SMARTS) is 1. The number of hydrogen-bond donors (Lipinski definition) is 7. The van der Waals surface area contributed by atoms with Gasteiger partial charge in [0.1, 0.15) is 24.5 Å². The first-order chi connectivity index (χ1) is 32.1. The lowest BCUT2D eigenvalue weighted by Gasteiger charge is -2.39. The number of Topliss-reactive ketones (excluding diaryl/α,β-unsaturated/α-hetero) is 1. The first kappa shape index (κ1) is 57.3. The van der Waals surface area contributed by atoms with Gasteiger partial charge < -0.3 is 46.5 Å². The van der Waals surface area contributed by atoms with Gasteiger partial charge in [-0.15, -0.1) is 0 Å². The molecule has 16 nitrogen and oxygen atoms in total. The minimum atomic E-state index is -1.12. The summed E-state index contributed by atoms with van der Waals surface area (Å²) < 4.78 is 5.57. The second kappa shape index (κ2) is 25.5. The predicted octanol–water partition coefficient (Wildman–Crippen LogP) is 7.73. The molecular formula is C53H79N7O9. The third kappa shape index (κ3) is 17.2. The molecule has 0 spiro atoms. The van der Waals surface area contributed by atoms with E-state index in [2.05, 4.69) is 26.6 Å². The molecule has 5 amide bonds. The number of carbonyl (C=O) groups excluding carboxylic acids is 6. The van der Waals surface area contributed by atoms with Crippen molar-refractivity contribution in [1.29, 1.82) is 0 Å². The topological polar surface area (TPSA) is 238 Å². The Morgan fingerprint density at radius 3 is 1.96 bits per heavy atom. The summed E-state index contributed by atoms with van der Waals surface area (Å²) in [7, 11) is 1.60. The van der Waals surface area contributed by atoms with Crippen LogP contribution in [-0.2, 0) is 45.5 Å². The van der Waals surface area contributed by atoms with Crippen LogP contribution < -0.4 is 32.3 Å². The Morgan fingerprint density at radius 1 is 0.797 bits per heavy atom. The third-order valence-electron chi connectivity index (χ3n) is 12.7. The van der Waals surface area contributed by atoms with Gasteiger partial charge in [-0.05, 0) is 111 Å². The summed E-state index contributed by atoms with van der Waals surface area (Å²) in [6.07, 6.45) is 5.61. The normalized spacial score (nSPS) is 15.1.